The van der Waals surface area contributed by atoms with E-state index in [0.29, 0.717) is 6.42 Å². The zero-order valence-electron chi connectivity index (χ0n) is 6.90. The maximum atomic E-state index is 10.9. The first-order valence-corrected chi connectivity index (χ1v) is 5.00. The zero-order valence-corrected chi connectivity index (χ0v) is 7.80. The van der Waals surface area contributed by atoms with E-state index in [-0.39, 0.29) is 6.10 Å². The van der Waals surface area contributed by atoms with Crippen LogP contribution in [-0.4, -0.2) is 16.5 Å². The number of rotatable bonds is 4. The van der Waals surface area contributed by atoms with Gasteiger partial charge in [0.1, 0.15) is 0 Å². The molecule has 0 bridgehead atoms. The molecular weight excluding hydrogens is 167 g/mol. The van der Waals surface area contributed by atoms with Crippen LogP contribution in [0.3, 0.4) is 0 Å². The highest BCUT2D eigenvalue weighted by molar-refractivity contribution is 7.70. The van der Waals surface area contributed by atoms with E-state index in [4.69, 9.17) is 4.89 Å². The van der Waals surface area contributed by atoms with Gasteiger partial charge in [-0.2, -0.15) is 0 Å². The van der Waals surface area contributed by atoms with Crippen molar-refractivity contribution in [3.63, 3.8) is 0 Å². The summed E-state index contributed by atoms with van der Waals surface area (Å²) in [5.41, 5.74) is -0.808. The van der Waals surface area contributed by atoms with Crippen LogP contribution in [0, 0.1) is 0 Å². The summed E-state index contributed by atoms with van der Waals surface area (Å²) < 4.78 is 15.5. The van der Waals surface area contributed by atoms with Gasteiger partial charge < -0.3 is 9.42 Å². The lowest BCUT2D eigenvalue weighted by molar-refractivity contribution is -0.112. The Balaban J connectivity index is 4.13. The summed E-state index contributed by atoms with van der Waals surface area (Å²) >= 11 is 0. The number of hydrogen-bond donors (Lipinski definition) is 1. The van der Waals surface area contributed by atoms with E-state index in [1.165, 1.54) is 0 Å². The SMILES string of the molecule is CCC(C)OP(=O)(O)C(C)=O. The number of carbonyl (C=O) groups is 1. The third-order valence-electron chi connectivity index (χ3n) is 1.30. The zero-order chi connectivity index (χ0) is 9.07. The van der Waals surface area contributed by atoms with Crippen molar-refractivity contribution in [1.29, 1.82) is 0 Å². The van der Waals surface area contributed by atoms with Crippen LogP contribution in [0.25, 0.3) is 0 Å². The monoisotopic (exact) mass is 180 g/mol. The summed E-state index contributed by atoms with van der Waals surface area (Å²) in [6, 6.07) is 0. The van der Waals surface area contributed by atoms with Gasteiger partial charge >= 0.3 is 7.60 Å². The smallest absolute Gasteiger partial charge is 0.319 e. The van der Waals surface area contributed by atoms with Crippen molar-refractivity contribution >= 4 is 13.1 Å². The fourth-order valence-corrected chi connectivity index (χ4v) is 1.18. The molecule has 0 heterocycles. The molecule has 0 aromatic carbocycles. The summed E-state index contributed by atoms with van der Waals surface area (Å²) in [6.45, 7) is 4.50. The predicted molar refractivity (Wildman–Crippen MR) is 41.3 cm³/mol. The molecule has 0 fully saturated rings. The molecule has 0 spiro atoms. The second-order valence-corrected chi connectivity index (χ2v) is 4.25. The molecule has 4 nitrogen and oxygen atoms in total. The normalized spacial score (nSPS) is 18.9. The van der Waals surface area contributed by atoms with E-state index >= 15 is 0 Å². The van der Waals surface area contributed by atoms with Gasteiger partial charge in [0.15, 0.2) is 0 Å². The predicted octanol–water partition coefficient (Wildman–Crippen LogP) is 1.53. The minimum Gasteiger partial charge on any atom is -0.319 e. The third-order valence-corrected chi connectivity index (χ3v) is 2.74. The molecule has 0 saturated carbocycles. The Kier molecular flexibility index (Phi) is 3.93. The quantitative estimate of drug-likeness (QED) is 0.666. The van der Waals surface area contributed by atoms with Crippen molar-refractivity contribution in [1.82, 2.24) is 0 Å². The van der Waals surface area contributed by atoms with E-state index < -0.39 is 13.1 Å². The van der Waals surface area contributed by atoms with E-state index in [1.54, 1.807) is 6.92 Å². The van der Waals surface area contributed by atoms with Crippen molar-refractivity contribution in [2.24, 2.45) is 0 Å². The molecule has 0 saturated heterocycles. The van der Waals surface area contributed by atoms with Gasteiger partial charge in [0.25, 0.3) is 0 Å². The summed E-state index contributed by atoms with van der Waals surface area (Å²) in [5, 5.41) is 0. The van der Waals surface area contributed by atoms with Crippen molar-refractivity contribution in [2.75, 3.05) is 0 Å². The summed E-state index contributed by atoms with van der Waals surface area (Å²) in [6.07, 6.45) is 0.257. The number of carbonyl (C=O) groups excluding carboxylic acids is 1. The fraction of sp³-hybridized carbons (Fsp3) is 0.833. The molecule has 2 unspecified atom stereocenters. The first kappa shape index (κ1) is 10.8. The standard InChI is InChI=1S/C6H13O4P/c1-4-5(2)10-11(8,9)6(3)7/h5H,4H2,1-3H3,(H,8,9). The topological polar surface area (TPSA) is 63.6 Å². The largest absolute Gasteiger partial charge is 0.394 e. The van der Waals surface area contributed by atoms with Gasteiger partial charge in [0.2, 0.25) is 5.52 Å². The van der Waals surface area contributed by atoms with E-state index in [0.717, 1.165) is 6.92 Å². The lowest BCUT2D eigenvalue weighted by Gasteiger charge is -2.13. The van der Waals surface area contributed by atoms with E-state index in [9.17, 15) is 9.36 Å². The first-order chi connectivity index (χ1) is 4.90. The Morgan fingerprint density at radius 3 is 2.45 bits per heavy atom. The molecule has 11 heavy (non-hydrogen) atoms. The Morgan fingerprint density at radius 1 is 1.73 bits per heavy atom. The summed E-state index contributed by atoms with van der Waals surface area (Å²) in [4.78, 5) is 19.4. The molecule has 0 aromatic rings. The Labute approximate surface area is 66.1 Å². The van der Waals surface area contributed by atoms with Crippen molar-refractivity contribution < 1.29 is 18.8 Å². The molecule has 0 aliphatic carbocycles. The van der Waals surface area contributed by atoms with Crippen molar-refractivity contribution in [2.45, 2.75) is 33.3 Å². The summed E-state index contributed by atoms with van der Waals surface area (Å²) in [7, 11) is -3.98. The van der Waals surface area contributed by atoms with Crippen molar-refractivity contribution in [3.05, 3.63) is 0 Å². The maximum absolute atomic E-state index is 10.9. The van der Waals surface area contributed by atoms with Gasteiger partial charge in [0.05, 0.1) is 6.10 Å². The molecule has 2 atom stereocenters. The lowest BCUT2D eigenvalue weighted by atomic mass is 10.3. The highest BCUT2D eigenvalue weighted by Crippen LogP contribution is 2.44. The molecule has 0 radical (unpaired) electrons. The van der Waals surface area contributed by atoms with Gasteiger partial charge in [-0.25, -0.2) is 0 Å². The van der Waals surface area contributed by atoms with Gasteiger partial charge in [-0.1, -0.05) is 6.92 Å². The van der Waals surface area contributed by atoms with Crippen LogP contribution in [0.4, 0.5) is 0 Å². The van der Waals surface area contributed by atoms with E-state index in [1.807, 2.05) is 6.92 Å². The molecule has 0 aromatic heterocycles. The second-order valence-electron chi connectivity index (χ2n) is 2.36. The van der Waals surface area contributed by atoms with Gasteiger partial charge in [-0.3, -0.25) is 9.36 Å². The Hall–Kier alpha value is -0.180. The van der Waals surface area contributed by atoms with Crippen LogP contribution >= 0.6 is 7.60 Å². The third kappa shape index (κ3) is 3.65. The molecule has 1 N–H and O–H groups in total. The van der Waals surface area contributed by atoms with Gasteiger partial charge in [-0.15, -0.1) is 0 Å². The Bertz CT molecular complexity index is 189. The van der Waals surface area contributed by atoms with E-state index in [2.05, 4.69) is 4.52 Å². The van der Waals surface area contributed by atoms with Crippen molar-refractivity contribution in [3.8, 4) is 0 Å². The minimum absolute atomic E-state index is 0.352. The lowest BCUT2D eigenvalue weighted by Crippen LogP contribution is -2.07. The molecule has 66 valence electrons. The van der Waals surface area contributed by atoms with Crippen LogP contribution in [0.15, 0.2) is 0 Å². The molecule has 0 rings (SSSR count). The number of hydrogen-bond acceptors (Lipinski definition) is 3. The molecule has 0 amide bonds. The molecular formula is C6H13O4P. The highest BCUT2D eigenvalue weighted by Gasteiger charge is 2.27. The van der Waals surface area contributed by atoms with Crippen LogP contribution in [0.2, 0.25) is 0 Å². The summed E-state index contributed by atoms with van der Waals surface area (Å²) in [5.74, 6) is 0. The van der Waals surface area contributed by atoms with Gasteiger partial charge in [-0.05, 0) is 13.3 Å². The second kappa shape index (κ2) is 4.00. The molecule has 5 heteroatoms. The van der Waals surface area contributed by atoms with Crippen LogP contribution < -0.4 is 0 Å². The average Bonchev–Trinajstić information content (AvgIpc) is 1.86. The molecule has 0 aliphatic rings. The maximum Gasteiger partial charge on any atom is 0.394 e. The minimum atomic E-state index is -3.98. The first-order valence-electron chi connectivity index (χ1n) is 3.42. The van der Waals surface area contributed by atoms with Crippen LogP contribution in [0.1, 0.15) is 27.2 Å². The Morgan fingerprint density at radius 2 is 2.18 bits per heavy atom. The van der Waals surface area contributed by atoms with Crippen LogP contribution in [-0.2, 0) is 13.9 Å². The molecule has 0 aliphatic heterocycles. The highest BCUT2D eigenvalue weighted by atomic mass is 31.2. The van der Waals surface area contributed by atoms with Crippen LogP contribution in [0.5, 0.6) is 0 Å². The van der Waals surface area contributed by atoms with Gasteiger partial charge in [0, 0.05) is 6.92 Å². The average molecular weight is 180 g/mol. The fourth-order valence-electron chi connectivity index (χ4n) is 0.393.